The minimum atomic E-state index is 0. The summed E-state index contributed by atoms with van der Waals surface area (Å²) in [7, 11) is 3.25. The van der Waals surface area contributed by atoms with E-state index >= 15 is 0 Å². The molecule has 2 aromatic carbocycles. The Hall–Kier alpha value is -2.49. The molecule has 8 heteroatoms. The van der Waals surface area contributed by atoms with Gasteiger partial charge < -0.3 is 25.0 Å². The van der Waals surface area contributed by atoms with Crippen LogP contribution >= 0.6 is 24.0 Å². The maximum absolute atomic E-state index is 12.7. The maximum atomic E-state index is 12.7. The number of carbonyl (C=O) groups excluding carboxylic acids is 1. The van der Waals surface area contributed by atoms with Crippen LogP contribution in [0.1, 0.15) is 23.6 Å². The van der Waals surface area contributed by atoms with E-state index in [9.17, 15) is 4.79 Å². The predicted octanol–water partition coefficient (Wildman–Crippen LogP) is 2.96. The average Bonchev–Trinajstić information content (AvgIpc) is 2.80. The quantitative estimate of drug-likeness (QED) is 0.322. The zero-order valence-corrected chi connectivity index (χ0v) is 20.6. The Labute approximate surface area is 201 Å². The molecular weight excluding hydrogens is 507 g/mol. The largest absolute Gasteiger partial charge is 0.497 e. The fraction of sp³-hybridized carbons (Fsp3) is 0.391. The summed E-state index contributed by atoms with van der Waals surface area (Å²) in [5, 5.41) is 6.34. The van der Waals surface area contributed by atoms with E-state index in [4.69, 9.17) is 9.47 Å². The van der Waals surface area contributed by atoms with E-state index in [1.165, 1.54) is 11.1 Å². The van der Waals surface area contributed by atoms with E-state index < -0.39 is 0 Å². The number of carbonyl (C=O) groups is 1. The van der Waals surface area contributed by atoms with Gasteiger partial charge >= 0.3 is 0 Å². The minimum absolute atomic E-state index is 0. The number of halogens is 1. The molecule has 0 saturated carbocycles. The van der Waals surface area contributed by atoms with E-state index in [1.807, 2.05) is 36.1 Å². The summed E-state index contributed by atoms with van der Waals surface area (Å²) in [6, 6.07) is 14.0. The first-order valence-electron chi connectivity index (χ1n) is 10.2. The van der Waals surface area contributed by atoms with Crippen molar-refractivity contribution in [3.05, 3.63) is 59.2 Å². The molecule has 2 aromatic rings. The van der Waals surface area contributed by atoms with Crippen LogP contribution < -0.4 is 20.1 Å². The normalized spacial score (nSPS) is 13.0. The first-order chi connectivity index (χ1) is 14.6. The van der Waals surface area contributed by atoms with Crippen molar-refractivity contribution in [3.8, 4) is 11.5 Å². The van der Waals surface area contributed by atoms with Crippen LogP contribution in [0, 0.1) is 0 Å². The van der Waals surface area contributed by atoms with E-state index in [-0.39, 0.29) is 36.4 Å². The molecule has 1 aliphatic rings. The lowest BCUT2D eigenvalue weighted by Crippen LogP contribution is -2.45. The van der Waals surface area contributed by atoms with Gasteiger partial charge in [-0.1, -0.05) is 24.3 Å². The highest BCUT2D eigenvalue weighted by Crippen LogP contribution is 2.25. The van der Waals surface area contributed by atoms with Gasteiger partial charge in [0.05, 0.1) is 27.3 Å². The SMILES string of the molecule is CCNC(=NCc1ccc(OC)cc1OC)NCC(=O)N1CCc2ccccc2C1.I. The third-order valence-corrected chi connectivity index (χ3v) is 5.14. The van der Waals surface area contributed by atoms with Gasteiger partial charge in [0, 0.05) is 31.3 Å². The Morgan fingerprint density at radius 1 is 1.10 bits per heavy atom. The molecule has 31 heavy (non-hydrogen) atoms. The first-order valence-corrected chi connectivity index (χ1v) is 10.2. The summed E-state index contributed by atoms with van der Waals surface area (Å²) in [4.78, 5) is 19.2. The molecule has 0 spiro atoms. The molecule has 0 bridgehead atoms. The Balaban J connectivity index is 0.00000341. The number of nitrogens with zero attached hydrogens (tertiary/aromatic N) is 2. The number of hydrogen-bond acceptors (Lipinski definition) is 4. The fourth-order valence-corrected chi connectivity index (χ4v) is 3.47. The number of hydrogen-bond donors (Lipinski definition) is 2. The Bertz CT molecular complexity index is 904. The number of aliphatic imine (C=N–C) groups is 1. The van der Waals surface area contributed by atoms with E-state index in [0.717, 1.165) is 30.0 Å². The van der Waals surface area contributed by atoms with Crippen LogP contribution in [-0.2, 0) is 24.3 Å². The summed E-state index contributed by atoms with van der Waals surface area (Å²) in [5.41, 5.74) is 3.50. The highest BCUT2D eigenvalue weighted by molar-refractivity contribution is 14.0. The fourth-order valence-electron chi connectivity index (χ4n) is 3.47. The monoisotopic (exact) mass is 538 g/mol. The maximum Gasteiger partial charge on any atom is 0.242 e. The Kier molecular flexibility index (Phi) is 9.90. The van der Waals surface area contributed by atoms with E-state index in [2.05, 4.69) is 33.8 Å². The lowest BCUT2D eigenvalue weighted by Gasteiger charge is -2.29. The third-order valence-electron chi connectivity index (χ3n) is 5.14. The van der Waals surface area contributed by atoms with Crippen LogP contribution in [-0.4, -0.2) is 50.6 Å². The molecule has 7 nitrogen and oxygen atoms in total. The first kappa shape index (κ1) is 24.8. The van der Waals surface area contributed by atoms with Crippen molar-refractivity contribution >= 4 is 35.8 Å². The van der Waals surface area contributed by atoms with Crippen molar-refractivity contribution in [3.63, 3.8) is 0 Å². The number of fused-ring (bicyclic) bond motifs is 1. The summed E-state index contributed by atoms with van der Waals surface area (Å²) in [6.45, 7) is 4.73. The summed E-state index contributed by atoms with van der Waals surface area (Å²) >= 11 is 0. The molecule has 1 aliphatic heterocycles. The van der Waals surface area contributed by atoms with Gasteiger partial charge in [-0.05, 0) is 36.6 Å². The highest BCUT2D eigenvalue weighted by atomic mass is 127. The van der Waals surface area contributed by atoms with Gasteiger partial charge in [0.25, 0.3) is 0 Å². The van der Waals surface area contributed by atoms with Crippen LogP contribution in [0.4, 0.5) is 0 Å². The van der Waals surface area contributed by atoms with Gasteiger partial charge in [-0.15, -0.1) is 24.0 Å². The Morgan fingerprint density at radius 3 is 2.58 bits per heavy atom. The predicted molar refractivity (Wildman–Crippen MR) is 133 cm³/mol. The molecule has 0 saturated heterocycles. The molecule has 0 radical (unpaired) electrons. The number of nitrogens with one attached hydrogen (secondary N) is 2. The number of benzene rings is 2. The summed E-state index contributed by atoms with van der Waals surface area (Å²) in [6.07, 6.45) is 0.896. The molecule has 3 rings (SSSR count). The molecule has 2 N–H and O–H groups in total. The molecule has 0 unspecified atom stereocenters. The average molecular weight is 538 g/mol. The molecular formula is C23H31IN4O3. The standard InChI is InChI=1S/C23H30N4O3.HI/c1-4-24-23(25-14-18-9-10-20(29-2)13-21(18)30-3)26-15-22(28)27-12-11-17-7-5-6-8-19(17)16-27;/h5-10,13H,4,11-12,14-16H2,1-3H3,(H2,24,25,26);1H. The van der Waals surface area contributed by atoms with Gasteiger partial charge in [0.1, 0.15) is 11.5 Å². The lowest BCUT2D eigenvalue weighted by molar-refractivity contribution is -0.130. The molecule has 0 aliphatic carbocycles. The van der Waals surface area contributed by atoms with Crippen molar-refractivity contribution < 1.29 is 14.3 Å². The number of guanidine groups is 1. The van der Waals surface area contributed by atoms with Crippen LogP contribution in [0.5, 0.6) is 11.5 Å². The van der Waals surface area contributed by atoms with Crippen molar-refractivity contribution in [1.82, 2.24) is 15.5 Å². The van der Waals surface area contributed by atoms with Crippen LogP contribution in [0.3, 0.4) is 0 Å². The third kappa shape index (κ3) is 6.75. The van der Waals surface area contributed by atoms with Crippen molar-refractivity contribution in [2.75, 3.05) is 33.9 Å². The number of ether oxygens (including phenoxy) is 2. The van der Waals surface area contributed by atoms with Crippen molar-refractivity contribution in [2.45, 2.75) is 26.4 Å². The molecule has 0 aromatic heterocycles. The van der Waals surface area contributed by atoms with Crippen LogP contribution in [0.25, 0.3) is 0 Å². The zero-order chi connectivity index (χ0) is 21.3. The summed E-state index contributed by atoms with van der Waals surface area (Å²) in [5.74, 6) is 2.12. The smallest absolute Gasteiger partial charge is 0.242 e. The highest BCUT2D eigenvalue weighted by Gasteiger charge is 2.20. The topological polar surface area (TPSA) is 75.2 Å². The number of amides is 1. The number of methoxy groups -OCH3 is 2. The van der Waals surface area contributed by atoms with Crippen LogP contribution in [0.2, 0.25) is 0 Å². The number of rotatable bonds is 7. The zero-order valence-electron chi connectivity index (χ0n) is 18.3. The van der Waals surface area contributed by atoms with Gasteiger partial charge in [0.15, 0.2) is 5.96 Å². The van der Waals surface area contributed by atoms with Gasteiger partial charge in [-0.25, -0.2) is 4.99 Å². The second kappa shape index (κ2) is 12.4. The molecule has 1 heterocycles. The minimum Gasteiger partial charge on any atom is -0.497 e. The Morgan fingerprint density at radius 2 is 1.87 bits per heavy atom. The van der Waals surface area contributed by atoms with Crippen molar-refractivity contribution in [1.29, 1.82) is 0 Å². The van der Waals surface area contributed by atoms with E-state index in [0.29, 0.717) is 25.6 Å². The lowest BCUT2D eigenvalue weighted by atomic mass is 10.00. The van der Waals surface area contributed by atoms with Gasteiger partial charge in [-0.3, -0.25) is 4.79 Å². The molecule has 1 amide bonds. The van der Waals surface area contributed by atoms with Gasteiger partial charge in [-0.2, -0.15) is 0 Å². The second-order valence-electron chi connectivity index (χ2n) is 7.06. The second-order valence-corrected chi connectivity index (χ2v) is 7.06. The summed E-state index contributed by atoms with van der Waals surface area (Å²) < 4.78 is 10.7. The van der Waals surface area contributed by atoms with Crippen LogP contribution in [0.15, 0.2) is 47.5 Å². The van der Waals surface area contributed by atoms with Gasteiger partial charge in [0.2, 0.25) is 5.91 Å². The molecule has 0 atom stereocenters. The van der Waals surface area contributed by atoms with E-state index in [1.54, 1.807) is 14.2 Å². The molecule has 0 fully saturated rings. The van der Waals surface area contributed by atoms with Crippen molar-refractivity contribution in [2.24, 2.45) is 4.99 Å². The molecule has 168 valence electrons.